The van der Waals surface area contributed by atoms with Crippen molar-refractivity contribution in [2.45, 2.75) is 0 Å². The van der Waals surface area contributed by atoms with Crippen LogP contribution in [-0.4, -0.2) is 16.1 Å². The third-order valence-electron chi connectivity index (χ3n) is 2.09. The van der Waals surface area contributed by atoms with Crippen LogP contribution < -0.4 is 4.74 Å². The molecule has 1 N–H and O–H groups in total. The molecule has 0 aliphatic heterocycles. The summed E-state index contributed by atoms with van der Waals surface area (Å²) >= 11 is 0. The highest BCUT2D eigenvalue weighted by Crippen LogP contribution is 2.24. The number of ether oxygens (including phenoxy) is 1. The minimum Gasteiger partial charge on any atom is -0.478 e. The Kier molecular flexibility index (Phi) is 3.18. The third-order valence-corrected chi connectivity index (χ3v) is 2.09. The number of aromatic nitrogens is 1. The number of carbonyl (C=O) groups is 1. The first-order valence-electron chi connectivity index (χ1n) is 4.88. The fourth-order valence-corrected chi connectivity index (χ4v) is 1.27. The fourth-order valence-electron chi connectivity index (χ4n) is 1.27. The van der Waals surface area contributed by atoms with Crippen LogP contribution in [0.15, 0.2) is 36.5 Å². The molecule has 0 saturated heterocycles. The maximum atomic E-state index is 13.3. The molecule has 1 aromatic heterocycles. The van der Waals surface area contributed by atoms with Crippen molar-refractivity contribution < 1.29 is 23.4 Å². The van der Waals surface area contributed by atoms with E-state index in [4.69, 9.17) is 9.84 Å². The van der Waals surface area contributed by atoms with Crippen LogP contribution in [0.25, 0.3) is 0 Å². The van der Waals surface area contributed by atoms with Crippen LogP contribution in [0, 0.1) is 11.6 Å². The van der Waals surface area contributed by atoms with Gasteiger partial charge in [-0.25, -0.2) is 18.6 Å². The summed E-state index contributed by atoms with van der Waals surface area (Å²) in [6.07, 6.45) is 1.20. The highest BCUT2D eigenvalue weighted by molar-refractivity contribution is 5.87. The largest absolute Gasteiger partial charge is 0.478 e. The van der Waals surface area contributed by atoms with E-state index in [0.717, 1.165) is 24.3 Å². The van der Waals surface area contributed by atoms with Crippen molar-refractivity contribution >= 4 is 5.97 Å². The number of hydrogen-bond donors (Lipinski definition) is 1. The van der Waals surface area contributed by atoms with Crippen molar-refractivity contribution in [3.63, 3.8) is 0 Å². The van der Waals surface area contributed by atoms with Crippen molar-refractivity contribution in [2.24, 2.45) is 0 Å². The Bertz CT molecular complexity index is 602. The van der Waals surface area contributed by atoms with E-state index in [0.29, 0.717) is 0 Å². The molecular formula is C12H7F2NO3. The zero-order chi connectivity index (χ0) is 13.1. The Labute approximate surface area is 100 Å². The molecule has 0 aliphatic rings. The van der Waals surface area contributed by atoms with Gasteiger partial charge in [0.15, 0.2) is 11.6 Å². The number of carboxylic acids is 1. The second-order valence-corrected chi connectivity index (χ2v) is 3.36. The predicted octanol–water partition coefficient (Wildman–Crippen LogP) is 2.85. The van der Waals surface area contributed by atoms with Crippen LogP contribution >= 0.6 is 0 Å². The molecule has 0 aliphatic carbocycles. The first-order valence-corrected chi connectivity index (χ1v) is 4.88. The van der Waals surface area contributed by atoms with Gasteiger partial charge in [0.2, 0.25) is 5.88 Å². The van der Waals surface area contributed by atoms with Gasteiger partial charge in [-0.3, -0.25) is 0 Å². The molecule has 2 rings (SSSR count). The van der Waals surface area contributed by atoms with E-state index in [9.17, 15) is 13.6 Å². The number of pyridine rings is 1. The second kappa shape index (κ2) is 4.79. The van der Waals surface area contributed by atoms with E-state index in [1.807, 2.05) is 0 Å². The molecule has 0 spiro atoms. The molecule has 18 heavy (non-hydrogen) atoms. The normalized spacial score (nSPS) is 10.1. The highest BCUT2D eigenvalue weighted by Gasteiger charge is 2.09. The van der Waals surface area contributed by atoms with Gasteiger partial charge >= 0.3 is 5.97 Å². The summed E-state index contributed by atoms with van der Waals surface area (Å²) in [5.74, 6) is -3.08. The van der Waals surface area contributed by atoms with Crippen LogP contribution in [0.5, 0.6) is 11.6 Å². The van der Waals surface area contributed by atoms with Gasteiger partial charge in [0.25, 0.3) is 0 Å². The number of aromatic carboxylic acids is 1. The maximum Gasteiger partial charge on any atom is 0.335 e. The summed E-state index contributed by atoms with van der Waals surface area (Å²) < 4.78 is 31.2. The molecule has 0 bridgehead atoms. The highest BCUT2D eigenvalue weighted by atomic mass is 19.1. The molecule has 0 atom stereocenters. The number of halogens is 2. The van der Waals surface area contributed by atoms with Gasteiger partial charge in [-0.05, 0) is 18.2 Å². The lowest BCUT2D eigenvalue weighted by atomic mass is 10.3. The Morgan fingerprint density at radius 3 is 2.72 bits per heavy atom. The Morgan fingerprint density at radius 1 is 1.22 bits per heavy atom. The van der Waals surface area contributed by atoms with Gasteiger partial charge in [0.05, 0.1) is 5.56 Å². The lowest BCUT2D eigenvalue weighted by Gasteiger charge is -2.06. The summed E-state index contributed by atoms with van der Waals surface area (Å²) in [7, 11) is 0. The van der Waals surface area contributed by atoms with Crippen LogP contribution in [0.2, 0.25) is 0 Å². The SMILES string of the molecule is O=C(O)c1ccnc(Oc2cc(F)ccc2F)c1. The topological polar surface area (TPSA) is 59.4 Å². The molecule has 4 nitrogen and oxygen atoms in total. The van der Waals surface area contributed by atoms with Crippen LogP contribution in [0.3, 0.4) is 0 Å². The van der Waals surface area contributed by atoms with E-state index >= 15 is 0 Å². The molecule has 2 aromatic rings. The number of nitrogens with zero attached hydrogens (tertiary/aromatic N) is 1. The molecule has 0 unspecified atom stereocenters. The van der Waals surface area contributed by atoms with E-state index < -0.39 is 17.6 Å². The summed E-state index contributed by atoms with van der Waals surface area (Å²) in [6, 6.07) is 5.09. The van der Waals surface area contributed by atoms with E-state index in [1.165, 1.54) is 12.3 Å². The van der Waals surface area contributed by atoms with Crippen LogP contribution in [-0.2, 0) is 0 Å². The van der Waals surface area contributed by atoms with Crippen molar-refractivity contribution in [1.82, 2.24) is 4.98 Å². The number of hydrogen-bond acceptors (Lipinski definition) is 3. The monoisotopic (exact) mass is 251 g/mol. The quantitative estimate of drug-likeness (QED) is 0.911. The maximum absolute atomic E-state index is 13.3. The molecule has 0 radical (unpaired) electrons. The fraction of sp³-hybridized carbons (Fsp3) is 0. The molecule has 92 valence electrons. The smallest absolute Gasteiger partial charge is 0.335 e. The van der Waals surface area contributed by atoms with Gasteiger partial charge in [-0.2, -0.15) is 0 Å². The Balaban J connectivity index is 2.31. The molecule has 0 saturated carbocycles. The first kappa shape index (κ1) is 12.0. The van der Waals surface area contributed by atoms with Crippen molar-refractivity contribution in [3.05, 3.63) is 53.7 Å². The Hall–Kier alpha value is -2.50. The molecule has 6 heteroatoms. The van der Waals surface area contributed by atoms with E-state index in [1.54, 1.807) is 0 Å². The first-order chi connectivity index (χ1) is 8.56. The lowest BCUT2D eigenvalue weighted by Crippen LogP contribution is -1.98. The predicted molar refractivity (Wildman–Crippen MR) is 57.6 cm³/mol. The zero-order valence-electron chi connectivity index (χ0n) is 8.93. The minimum atomic E-state index is -1.16. The Morgan fingerprint density at radius 2 is 2.00 bits per heavy atom. The van der Waals surface area contributed by atoms with Crippen LogP contribution in [0.4, 0.5) is 8.78 Å². The van der Waals surface area contributed by atoms with E-state index in [-0.39, 0.29) is 17.2 Å². The van der Waals surface area contributed by atoms with Crippen LogP contribution in [0.1, 0.15) is 10.4 Å². The summed E-state index contributed by atoms with van der Waals surface area (Å²) in [6.45, 7) is 0. The van der Waals surface area contributed by atoms with Gasteiger partial charge in [-0.1, -0.05) is 0 Å². The number of rotatable bonds is 3. The number of carboxylic acid groups (broad SMARTS) is 1. The number of benzene rings is 1. The summed E-state index contributed by atoms with van der Waals surface area (Å²) in [5.41, 5.74) is -0.0585. The molecule has 1 heterocycles. The minimum absolute atomic E-state index is 0.0585. The molecule has 0 fully saturated rings. The van der Waals surface area contributed by atoms with Gasteiger partial charge in [0, 0.05) is 18.3 Å². The molecule has 0 amide bonds. The summed E-state index contributed by atoms with van der Waals surface area (Å²) in [4.78, 5) is 14.4. The van der Waals surface area contributed by atoms with Crippen molar-refractivity contribution in [2.75, 3.05) is 0 Å². The lowest BCUT2D eigenvalue weighted by molar-refractivity contribution is 0.0696. The van der Waals surface area contributed by atoms with Gasteiger partial charge in [-0.15, -0.1) is 0 Å². The van der Waals surface area contributed by atoms with Crippen molar-refractivity contribution in [3.8, 4) is 11.6 Å². The summed E-state index contributed by atoms with van der Waals surface area (Å²) in [5, 5.41) is 8.76. The van der Waals surface area contributed by atoms with Gasteiger partial charge in [0.1, 0.15) is 5.82 Å². The average Bonchev–Trinajstić information content (AvgIpc) is 2.34. The second-order valence-electron chi connectivity index (χ2n) is 3.36. The van der Waals surface area contributed by atoms with Gasteiger partial charge < -0.3 is 9.84 Å². The zero-order valence-corrected chi connectivity index (χ0v) is 8.93. The third kappa shape index (κ3) is 2.60. The van der Waals surface area contributed by atoms with Crippen molar-refractivity contribution in [1.29, 1.82) is 0 Å². The average molecular weight is 251 g/mol. The van der Waals surface area contributed by atoms with E-state index in [2.05, 4.69) is 4.98 Å². The standard InChI is InChI=1S/C12H7F2NO3/c13-8-1-2-9(14)10(6-8)18-11-5-7(12(16)17)3-4-15-11/h1-6H,(H,16,17). The molecule has 1 aromatic carbocycles. The molecular weight excluding hydrogens is 244 g/mol.